The Morgan fingerprint density at radius 3 is 3.08 bits per heavy atom. The predicted molar refractivity (Wildman–Crippen MR) is 87.2 cm³/mol. The summed E-state index contributed by atoms with van der Waals surface area (Å²) < 4.78 is 5.91. The van der Waals surface area contributed by atoms with Gasteiger partial charge >= 0.3 is 6.03 Å². The molecule has 1 aliphatic carbocycles. The molecule has 7 heteroatoms. The maximum absolute atomic E-state index is 12.6. The minimum absolute atomic E-state index is 0.0128. The van der Waals surface area contributed by atoms with Crippen molar-refractivity contribution in [1.82, 2.24) is 20.4 Å². The SMILES string of the molecule is O=C(NC[C@@H]1CCCO[C@H]1c1cn[nH]c1)N1CC(O)CC1C1CC1. The molecule has 2 unspecified atom stereocenters. The van der Waals surface area contributed by atoms with Crippen molar-refractivity contribution in [2.24, 2.45) is 11.8 Å². The van der Waals surface area contributed by atoms with Crippen molar-refractivity contribution in [2.75, 3.05) is 19.7 Å². The Labute approximate surface area is 141 Å². The smallest absolute Gasteiger partial charge is 0.317 e. The number of carbonyl (C=O) groups excluding carboxylic acids is 1. The van der Waals surface area contributed by atoms with E-state index < -0.39 is 0 Å². The lowest BCUT2D eigenvalue weighted by atomic mass is 9.91. The maximum Gasteiger partial charge on any atom is 0.317 e. The molecule has 3 N–H and O–H groups in total. The van der Waals surface area contributed by atoms with Gasteiger partial charge in [-0.05, 0) is 38.0 Å². The third-order valence-corrected chi connectivity index (χ3v) is 5.56. The number of aromatic nitrogens is 2. The van der Waals surface area contributed by atoms with E-state index in [1.807, 2.05) is 11.1 Å². The molecule has 0 bridgehead atoms. The van der Waals surface area contributed by atoms with Gasteiger partial charge in [0.1, 0.15) is 0 Å². The Bertz CT molecular complexity index is 560. The van der Waals surface area contributed by atoms with Crippen LogP contribution in [0.1, 0.15) is 43.8 Å². The number of aromatic amines is 1. The quantitative estimate of drug-likeness (QED) is 0.777. The van der Waals surface area contributed by atoms with Gasteiger partial charge in [0.2, 0.25) is 0 Å². The second kappa shape index (κ2) is 6.72. The minimum atomic E-state index is -0.377. The molecular weight excluding hydrogens is 308 g/mol. The molecule has 2 saturated heterocycles. The van der Waals surface area contributed by atoms with Crippen molar-refractivity contribution in [3.63, 3.8) is 0 Å². The van der Waals surface area contributed by atoms with Gasteiger partial charge in [-0.2, -0.15) is 5.10 Å². The number of rotatable bonds is 4. The number of H-pyrrole nitrogens is 1. The lowest BCUT2D eigenvalue weighted by Crippen LogP contribution is -2.46. The third kappa shape index (κ3) is 3.28. The van der Waals surface area contributed by atoms with Gasteiger partial charge in [0, 0.05) is 43.4 Å². The zero-order valence-electron chi connectivity index (χ0n) is 13.9. The minimum Gasteiger partial charge on any atom is -0.391 e. The van der Waals surface area contributed by atoms with Gasteiger partial charge < -0.3 is 20.1 Å². The van der Waals surface area contributed by atoms with Crippen LogP contribution in [-0.4, -0.2) is 58.1 Å². The fourth-order valence-electron chi connectivity index (χ4n) is 4.16. The molecule has 0 spiro atoms. The first-order chi connectivity index (χ1) is 11.7. The van der Waals surface area contributed by atoms with Crippen LogP contribution >= 0.6 is 0 Å². The molecule has 0 radical (unpaired) electrons. The number of aliphatic hydroxyl groups excluding tert-OH is 1. The van der Waals surface area contributed by atoms with Crippen LogP contribution in [0.4, 0.5) is 4.79 Å². The number of aliphatic hydroxyl groups is 1. The van der Waals surface area contributed by atoms with Crippen molar-refractivity contribution in [1.29, 1.82) is 0 Å². The molecule has 4 atom stereocenters. The fourth-order valence-corrected chi connectivity index (χ4v) is 4.16. The maximum atomic E-state index is 12.6. The number of amides is 2. The highest BCUT2D eigenvalue weighted by Gasteiger charge is 2.43. The van der Waals surface area contributed by atoms with Gasteiger partial charge in [0.15, 0.2) is 0 Å². The van der Waals surface area contributed by atoms with E-state index in [-0.39, 0.29) is 30.2 Å². The van der Waals surface area contributed by atoms with E-state index in [9.17, 15) is 9.90 Å². The molecule has 3 aliphatic rings. The summed E-state index contributed by atoms with van der Waals surface area (Å²) in [5, 5.41) is 19.9. The van der Waals surface area contributed by atoms with Crippen LogP contribution in [0.2, 0.25) is 0 Å². The molecule has 3 heterocycles. The molecule has 1 aromatic rings. The number of carbonyl (C=O) groups is 1. The van der Waals surface area contributed by atoms with Gasteiger partial charge in [0.25, 0.3) is 0 Å². The van der Waals surface area contributed by atoms with Gasteiger partial charge in [0.05, 0.1) is 18.4 Å². The number of nitrogens with one attached hydrogen (secondary N) is 2. The summed E-state index contributed by atoms with van der Waals surface area (Å²) in [5.41, 5.74) is 1.04. The number of ether oxygens (including phenoxy) is 1. The Morgan fingerprint density at radius 1 is 1.46 bits per heavy atom. The molecule has 1 aromatic heterocycles. The second-order valence-corrected chi connectivity index (χ2v) is 7.36. The molecule has 3 fully saturated rings. The van der Waals surface area contributed by atoms with E-state index in [4.69, 9.17) is 4.74 Å². The normalized spacial score (nSPS) is 33.6. The molecule has 4 rings (SSSR count). The Balaban J connectivity index is 1.35. The summed E-state index contributed by atoms with van der Waals surface area (Å²) in [7, 11) is 0. The van der Waals surface area contributed by atoms with E-state index >= 15 is 0 Å². The summed E-state index contributed by atoms with van der Waals surface area (Å²) in [6, 6.07) is 0.173. The molecule has 1 saturated carbocycles. The summed E-state index contributed by atoms with van der Waals surface area (Å²) in [4.78, 5) is 14.5. The summed E-state index contributed by atoms with van der Waals surface area (Å²) >= 11 is 0. The highest BCUT2D eigenvalue weighted by atomic mass is 16.5. The van der Waals surface area contributed by atoms with Gasteiger partial charge in [-0.3, -0.25) is 5.10 Å². The summed E-state index contributed by atoms with van der Waals surface area (Å²) in [5.74, 6) is 0.844. The Kier molecular flexibility index (Phi) is 4.45. The molecule has 132 valence electrons. The average molecular weight is 334 g/mol. The average Bonchev–Trinajstić information content (AvgIpc) is 3.14. The first-order valence-electron chi connectivity index (χ1n) is 9.05. The highest BCUT2D eigenvalue weighted by molar-refractivity contribution is 5.75. The summed E-state index contributed by atoms with van der Waals surface area (Å²) in [6.45, 7) is 1.81. The van der Waals surface area contributed by atoms with E-state index in [0.29, 0.717) is 19.0 Å². The lowest BCUT2D eigenvalue weighted by Gasteiger charge is -2.32. The van der Waals surface area contributed by atoms with Crippen molar-refractivity contribution in [3.8, 4) is 0 Å². The van der Waals surface area contributed by atoms with Crippen molar-refractivity contribution >= 4 is 6.03 Å². The van der Waals surface area contributed by atoms with Crippen LogP contribution in [0, 0.1) is 11.8 Å². The predicted octanol–water partition coefficient (Wildman–Crippen LogP) is 1.43. The number of hydrogen-bond donors (Lipinski definition) is 3. The van der Waals surface area contributed by atoms with Gasteiger partial charge in [-0.15, -0.1) is 0 Å². The van der Waals surface area contributed by atoms with E-state index in [1.54, 1.807) is 6.20 Å². The van der Waals surface area contributed by atoms with Crippen molar-refractivity contribution in [2.45, 2.75) is 50.4 Å². The van der Waals surface area contributed by atoms with Crippen LogP contribution in [0.3, 0.4) is 0 Å². The molecular formula is C17H26N4O3. The largest absolute Gasteiger partial charge is 0.391 e. The zero-order valence-corrected chi connectivity index (χ0v) is 13.9. The van der Waals surface area contributed by atoms with Crippen LogP contribution in [0.25, 0.3) is 0 Å². The van der Waals surface area contributed by atoms with E-state index in [1.165, 1.54) is 12.8 Å². The second-order valence-electron chi connectivity index (χ2n) is 7.36. The Hall–Kier alpha value is -1.60. The van der Waals surface area contributed by atoms with Crippen LogP contribution in [0.15, 0.2) is 12.4 Å². The number of urea groups is 1. The molecule has 24 heavy (non-hydrogen) atoms. The number of β-amino-alcohol motifs (C(OH)–C–C–N with tert-alkyl or cyclic N) is 1. The van der Waals surface area contributed by atoms with E-state index in [0.717, 1.165) is 31.4 Å². The molecule has 2 amide bonds. The number of nitrogens with zero attached hydrogens (tertiary/aromatic N) is 2. The Morgan fingerprint density at radius 2 is 2.33 bits per heavy atom. The molecule has 7 nitrogen and oxygen atoms in total. The number of hydrogen-bond acceptors (Lipinski definition) is 4. The standard InChI is InChI=1S/C17H26N4O3/c22-14-6-15(11-3-4-11)21(10-14)17(23)18-7-12-2-1-5-24-16(12)13-8-19-20-9-13/h8-9,11-12,14-16,22H,1-7,10H2,(H,18,23)(H,19,20)/t12-,14?,15?,16+/m0/s1. The summed E-state index contributed by atoms with van der Waals surface area (Å²) in [6.07, 6.45) is 8.41. The van der Waals surface area contributed by atoms with Crippen molar-refractivity contribution < 1.29 is 14.6 Å². The van der Waals surface area contributed by atoms with Crippen LogP contribution < -0.4 is 5.32 Å². The number of likely N-dealkylation sites (tertiary alicyclic amines) is 1. The topological polar surface area (TPSA) is 90.5 Å². The first kappa shape index (κ1) is 15.9. The monoisotopic (exact) mass is 334 g/mol. The van der Waals surface area contributed by atoms with Crippen molar-refractivity contribution in [3.05, 3.63) is 18.0 Å². The lowest BCUT2D eigenvalue weighted by molar-refractivity contribution is -0.0272. The highest BCUT2D eigenvalue weighted by Crippen LogP contribution is 2.40. The van der Waals surface area contributed by atoms with Gasteiger partial charge in [-0.1, -0.05) is 0 Å². The third-order valence-electron chi connectivity index (χ3n) is 5.56. The zero-order chi connectivity index (χ0) is 16.5. The molecule has 2 aliphatic heterocycles. The molecule has 0 aromatic carbocycles. The van der Waals surface area contributed by atoms with Crippen LogP contribution in [-0.2, 0) is 4.74 Å². The van der Waals surface area contributed by atoms with Gasteiger partial charge in [-0.25, -0.2) is 4.79 Å². The van der Waals surface area contributed by atoms with Crippen LogP contribution in [0.5, 0.6) is 0 Å². The van der Waals surface area contributed by atoms with E-state index in [2.05, 4.69) is 15.5 Å². The fraction of sp³-hybridized carbons (Fsp3) is 0.765. The first-order valence-corrected chi connectivity index (χ1v) is 9.05.